The number of aliphatic imine (C=N–C) groups is 1. The number of halogens is 1. The van der Waals surface area contributed by atoms with Gasteiger partial charge in [-0.2, -0.15) is 0 Å². The van der Waals surface area contributed by atoms with Gasteiger partial charge in [0, 0.05) is 33.3 Å². The molecule has 2 heterocycles. The van der Waals surface area contributed by atoms with Gasteiger partial charge in [-0.25, -0.2) is 0 Å². The fourth-order valence-electron chi connectivity index (χ4n) is 2.75. The van der Waals surface area contributed by atoms with E-state index in [-0.39, 0.29) is 24.0 Å². The first-order valence-corrected chi connectivity index (χ1v) is 7.67. The molecule has 0 radical (unpaired) electrons. The predicted octanol–water partition coefficient (Wildman–Crippen LogP) is 1.43. The average Bonchev–Trinajstić information content (AvgIpc) is 2.97. The van der Waals surface area contributed by atoms with E-state index in [2.05, 4.69) is 20.5 Å². The molecule has 2 aliphatic heterocycles. The summed E-state index contributed by atoms with van der Waals surface area (Å²) in [5.41, 5.74) is 0. The molecule has 0 aliphatic carbocycles. The van der Waals surface area contributed by atoms with Crippen LogP contribution in [0.4, 0.5) is 0 Å². The van der Waals surface area contributed by atoms with E-state index in [9.17, 15) is 0 Å². The van der Waals surface area contributed by atoms with Gasteiger partial charge in [0.1, 0.15) is 0 Å². The molecule has 2 N–H and O–H groups in total. The van der Waals surface area contributed by atoms with Gasteiger partial charge in [0.05, 0.1) is 6.10 Å². The topological polar surface area (TPSA) is 48.9 Å². The van der Waals surface area contributed by atoms with E-state index >= 15 is 0 Å². The Balaban J connectivity index is 0.00000200. The van der Waals surface area contributed by atoms with Crippen LogP contribution >= 0.6 is 24.0 Å². The van der Waals surface area contributed by atoms with Gasteiger partial charge in [-0.15, -0.1) is 24.0 Å². The first-order valence-electron chi connectivity index (χ1n) is 7.67. The van der Waals surface area contributed by atoms with Gasteiger partial charge in [0.25, 0.3) is 0 Å². The van der Waals surface area contributed by atoms with Crippen molar-refractivity contribution in [3.8, 4) is 0 Å². The Morgan fingerprint density at radius 2 is 2.00 bits per heavy atom. The molecule has 2 rings (SSSR count). The number of guanidine groups is 1. The quantitative estimate of drug-likeness (QED) is 0.420. The Labute approximate surface area is 139 Å². The van der Waals surface area contributed by atoms with Crippen molar-refractivity contribution >= 4 is 29.9 Å². The number of hydrogen-bond acceptors (Lipinski definition) is 3. The first-order chi connectivity index (χ1) is 9.38. The van der Waals surface area contributed by atoms with E-state index in [4.69, 9.17) is 4.74 Å². The second kappa shape index (κ2) is 10.6. The molecular formula is C14H29IN4O. The van der Waals surface area contributed by atoms with E-state index in [1.807, 2.05) is 7.05 Å². The Hall–Kier alpha value is -0.0800. The monoisotopic (exact) mass is 396 g/mol. The molecule has 118 valence electrons. The van der Waals surface area contributed by atoms with Crippen LogP contribution in [0, 0.1) is 0 Å². The number of rotatable bonds is 5. The van der Waals surface area contributed by atoms with Gasteiger partial charge in [0.15, 0.2) is 5.96 Å². The van der Waals surface area contributed by atoms with Crippen LogP contribution in [0.2, 0.25) is 0 Å². The van der Waals surface area contributed by atoms with Crippen molar-refractivity contribution in [3.63, 3.8) is 0 Å². The third-order valence-electron chi connectivity index (χ3n) is 3.91. The van der Waals surface area contributed by atoms with Crippen molar-refractivity contribution in [1.29, 1.82) is 0 Å². The lowest BCUT2D eigenvalue weighted by atomic mass is 10.1. The van der Waals surface area contributed by atoms with Gasteiger partial charge in [-0.3, -0.25) is 4.99 Å². The van der Waals surface area contributed by atoms with Gasteiger partial charge in [-0.1, -0.05) is 6.42 Å². The minimum Gasteiger partial charge on any atom is -0.376 e. The molecular weight excluding hydrogens is 367 g/mol. The van der Waals surface area contributed by atoms with Crippen molar-refractivity contribution < 1.29 is 4.74 Å². The van der Waals surface area contributed by atoms with Gasteiger partial charge in [-0.05, 0) is 38.8 Å². The fraction of sp³-hybridized carbons (Fsp3) is 0.929. The molecule has 20 heavy (non-hydrogen) atoms. The maximum absolute atomic E-state index is 5.59. The molecule has 0 aromatic heterocycles. The number of nitrogens with one attached hydrogen (secondary N) is 2. The third-order valence-corrected chi connectivity index (χ3v) is 3.91. The molecule has 0 bridgehead atoms. The average molecular weight is 396 g/mol. The molecule has 1 unspecified atom stereocenters. The summed E-state index contributed by atoms with van der Waals surface area (Å²) in [5.74, 6) is 0.896. The summed E-state index contributed by atoms with van der Waals surface area (Å²) in [6.07, 6.45) is 6.82. The largest absolute Gasteiger partial charge is 0.376 e. The lowest BCUT2D eigenvalue weighted by molar-refractivity contribution is 0.113. The van der Waals surface area contributed by atoms with E-state index < -0.39 is 0 Å². The predicted molar refractivity (Wildman–Crippen MR) is 94.0 cm³/mol. The lowest BCUT2D eigenvalue weighted by Crippen LogP contribution is -2.44. The third kappa shape index (κ3) is 6.58. The Morgan fingerprint density at radius 3 is 2.65 bits per heavy atom. The second-order valence-electron chi connectivity index (χ2n) is 5.42. The maximum Gasteiger partial charge on any atom is 0.191 e. The molecule has 0 saturated carbocycles. The Bertz CT molecular complexity index is 276. The zero-order chi connectivity index (χ0) is 13.3. The maximum atomic E-state index is 5.59. The van der Waals surface area contributed by atoms with Crippen LogP contribution in [0.5, 0.6) is 0 Å². The molecule has 5 nitrogen and oxygen atoms in total. The second-order valence-corrected chi connectivity index (χ2v) is 5.42. The van der Waals surface area contributed by atoms with E-state index in [0.29, 0.717) is 6.10 Å². The van der Waals surface area contributed by atoms with Crippen LogP contribution in [0.25, 0.3) is 0 Å². The highest BCUT2D eigenvalue weighted by molar-refractivity contribution is 14.0. The van der Waals surface area contributed by atoms with Gasteiger partial charge in [0.2, 0.25) is 0 Å². The first kappa shape index (κ1) is 18.0. The van der Waals surface area contributed by atoms with Crippen LogP contribution in [0.15, 0.2) is 4.99 Å². The molecule has 0 aromatic rings. The zero-order valence-electron chi connectivity index (χ0n) is 12.6. The van der Waals surface area contributed by atoms with Gasteiger partial charge >= 0.3 is 0 Å². The highest BCUT2D eigenvalue weighted by Crippen LogP contribution is 2.10. The summed E-state index contributed by atoms with van der Waals surface area (Å²) >= 11 is 0. The van der Waals surface area contributed by atoms with Crippen molar-refractivity contribution in [3.05, 3.63) is 0 Å². The van der Waals surface area contributed by atoms with Gasteiger partial charge < -0.3 is 20.3 Å². The zero-order valence-corrected chi connectivity index (χ0v) is 14.9. The standard InChI is InChI=1S/C14H28N4O.HI/c1-15-14(17-12-13-6-5-11-19-13)16-7-10-18-8-3-2-4-9-18;/h13H,2-12H2,1H3,(H2,15,16,17);1H. The van der Waals surface area contributed by atoms with E-state index in [1.165, 1.54) is 38.8 Å². The number of piperidine rings is 1. The van der Waals surface area contributed by atoms with Crippen molar-refractivity contribution in [2.75, 3.05) is 46.4 Å². The minimum absolute atomic E-state index is 0. The van der Waals surface area contributed by atoms with Crippen molar-refractivity contribution in [2.24, 2.45) is 4.99 Å². The number of likely N-dealkylation sites (tertiary alicyclic amines) is 1. The molecule has 1 atom stereocenters. The number of nitrogens with zero attached hydrogens (tertiary/aromatic N) is 2. The van der Waals surface area contributed by atoms with Crippen LogP contribution < -0.4 is 10.6 Å². The SMILES string of the molecule is CN=C(NCCN1CCCCC1)NCC1CCCO1.I. The molecule has 2 saturated heterocycles. The summed E-state index contributed by atoms with van der Waals surface area (Å²) in [5, 5.41) is 6.73. The van der Waals surface area contributed by atoms with E-state index in [0.717, 1.165) is 38.6 Å². The fourth-order valence-corrected chi connectivity index (χ4v) is 2.75. The summed E-state index contributed by atoms with van der Waals surface area (Å²) in [4.78, 5) is 6.78. The summed E-state index contributed by atoms with van der Waals surface area (Å²) < 4.78 is 5.59. The Morgan fingerprint density at radius 1 is 1.20 bits per heavy atom. The molecule has 2 fully saturated rings. The van der Waals surface area contributed by atoms with Crippen LogP contribution in [-0.4, -0.2) is 63.3 Å². The lowest BCUT2D eigenvalue weighted by Gasteiger charge is -2.26. The highest BCUT2D eigenvalue weighted by atomic mass is 127. The highest BCUT2D eigenvalue weighted by Gasteiger charge is 2.15. The van der Waals surface area contributed by atoms with Crippen molar-refractivity contribution in [2.45, 2.75) is 38.2 Å². The number of ether oxygens (including phenoxy) is 1. The summed E-state index contributed by atoms with van der Waals surface area (Å²) in [7, 11) is 1.83. The molecule has 6 heteroatoms. The van der Waals surface area contributed by atoms with Crippen LogP contribution in [0.3, 0.4) is 0 Å². The molecule has 0 spiro atoms. The molecule has 0 amide bonds. The Kier molecular flexibility index (Phi) is 9.54. The van der Waals surface area contributed by atoms with Crippen LogP contribution in [0.1, 0.15) is 32.1 Å². The summed E-state index contributed by atoms with van der Waals surface area (Å²) in [6, 6.07) is 0. The smallest absolute Gasteiger partial charge is 0.191 e. The minimum atomic E-state index is 0. The van der Waals surface area contributed by atoms with Crippen LogP contribution in [-0.2, 0) is 4.74 Å². The van der Waals surface area contributed by atoms with Crippen molar-refractivity contribution in [1.82, 2.24) is 15.5 Å². The molecule has 0 aromatic carbocycles. The normalized spacial score (nSPS) is 24.2. The van der Waals surface area contributed by atoms with E-state index in [1.54, 1.807) is 0 Å². The number of hydrogen-bond donors (Lipinski definition) is 2. The summed E-state index contributed by atoms with van der Waals surface area (Å²) in [6.45, 7) is 6.36. The molecule has 2 aliphatic rings.